The number of halogens is 4. The number of aromatic nitrogens is 1. The second kappa shape index (κ2) is 7.77. The van der Waals surface area contributed by atoms with Gasteiger partial charge in [-0.15, -0.1) is 0 Å². The quantitative estimate of drug-likeness (QED) is 0.602. The number of carbonyl (C=O) groups excluding carboxylic acids is 2. The van der Waals surface area contributed by atoms with Gasteiger partial charge in [0.05, 0.1) is 26.5 Å². The number of nitrogens with one attached hydrogen (secondary N) is 1. The maximum atomic E-state index is 12.9. The van der Waals surface area contributed by atoms with Gasteiger partial charge in [-0.1, -0.05) is 35.1 Å². The average molecular weight is 455 g/mol. The van der Waals surface area contributed by atoms with Crippen molar-refractivity contribution in [2.75, 3.05) is 29.9 Å². The highest BCUT2D eigenvalue weighted by atomic mass is 35.5. The number of hydrogen-bond acceptors (Lipinski definition) is 4. The topological polar surface area (TPSA) is 65.5 Å². The molecule has 4 rings (SSSR count). The number of rotatable bonds is 2. The van der Waals surface area contributed by atoms with E-state index in [1.807, 2.05) is 0 Å². The Morgan fingerprint density at radius 3 is 2.63 bits per heavy atom. The molecule has 1 aromatic heterocycles. The van der Waals surface area contributed by atoms with E-state index in [4.69, 9.17) is 11.6 Å². The van der Waals surface area contributed by atoms with Crippen molar-refractivity contribution in [3.05, 3.63) is 53.1 Å². The fraction of sp³-hybridized carbons (Fsp3) is 0.211. The molecule has 0 aliphatic carbocycles. The molecule has 30 heavy (non-hydrogen) atoms. The Bertz CT molecular complexity index is 1130. The van der Waals surface area contributed by atoms with Crippen molar-refractivity contribution in [2.24, 2.45) is 0 Å². The van der Waals surface area contributed by atoms with Crippen LogP contribution in [0, 0.1) is 0 Å². The number of amides is 3. The summed E-state index contributed by atoms with van der Waals surface area (Å²) in [6.45, 7) is 0.386. The van der Waals surface area contributed by atoms with Gasteiger partial charge in [-0.2, -0.15) is 13.2 Å². The first-order chi connectivity index (χ1) is 14.2. The van der Waals surface area contributed by atoms with E-state index < -0.39 is 17.8 Å². The first kappa shape index (κ1) is 20.4. The fourth-order valence-electron chi connectivity index (χ4n) is 3.10. The van der Waals surface area contributed by atoms with Crippen molar-refractivity contribution >= 4 is 55.9 Å². The van der Waals surface area contributed by atoms with Gasteiger partial charge in [0.25, 0.3) is 0 Å². The number of urea groups is 1. The molecule has 11 heteroatoms. The van der Waals surface area contributed by atoms with Crippen LogP contribution in [0.3, 0.4) is 0 Å². The Hall–Kier alpha value is -2.85. The van der Waals surface area contributed by atoms with E-state index in [-0.39, 0.29) is 30.7 Å². The van der Waals surface area contributed by atoms with Gasteiger partial charge in [0, 0.05) is 13.1 Å². The molecule has 1 aliphatic heterocycles. The Kier molecular flexibility index (Phi) is 5.29. The Morgan fingerprint density at radius 1 is 1.17 bits per heavy atom. The first-order valence-corrected chi connectivity index (χ1v) is 10.0. The maximum absolute atomic E-state index is 12.9. The van der Waals surface area contributed by atoms with Crippen molar-refractivity contribution in [3.8, 4) is 0 Å². The molecule has 0 saturated carbocycles. The number of thiazole rings is 1. The van der Waals surface area contributed by atoms with Gasteiger partial charge in [-0.05, 0) is 30.3 Å². The van der Waals surface area contributed by atoms with E-state index in [0.29, 0.717) is 20.9 Å². The smallest absolute Gasteiger partial charge is 0.313 e. The minimum Gasteiger partial charge on any atom is -0.313 e. The molecule has 1 aliphatic rings. The van der Waals surface area contributed by atoms with Crippen LogP contribution in [0.15, 0.2) is 42.5 Å². The highest BCUT2D eigenvalue weighted by molar-refractivity contribution is 7.22. The van der Waals surface area contributed by atoms with Gasteiger partial charge >= 0.3 is 12.2 Å². The number of anilines is 2. The summed E-state index contributed by atoms with van der Waals surface area (Å²) in [5, 5.41) is 3.17. The molecule has 0 unspecified atom stereocenters. The summed E-state index contributed by atoms with van der Waals surface area (Å²) in [6.07, 6.45) is -4.46. The lowest BCUT2D eigenvalue weighted by Gasteiger charge is -2.34. The van der Waals surface area contributed by atoms with Crippen LogP contribution in [-0.2, 0) is 11.0 Å². The summed E-state index contributed by atoms with van der Waals surface area (Å²) in [5.74, 6) is -0.288. The summed E-state index contributed by atoms with van der Waals surface area (Å²) < 4.78 is 38.9. The molecule has 3 aromatic rings. The SMILES string of the molecule is O=C(Nc1nc2ccc(C(F)(F)F)cc2s1)N1CCN(c2ccccc2Cl)C(=O)C1. The van der Waals surface area contributed by atoms with Crippen molar-refractivity contribution in [2.45, 2.75) is 6.18 Å². The molecule has 6 nitrogen and oxygen atoms in total. The average Bonchev–Trinajstić information content (AvgIpc) is 3.09. The largest absolute Gasteiger partial charge is 0.416 e. The summed E-state index contributed by atoms with van der Waals surface area (Å²) in [4.78, 5) is 32.0. The van der Waals surface area contributed by atoms with Crippen molar-refractivity contribution in [1.29, 1.82) is 0 Å². The molecule has 0 atom stereocenters. The molecule has 156 valence electrons. The normalized spacial score (nSPS) is 15.0. The zero-order chi connectivity index (χ0) is 21.5. The predicted molar refractivity (Wildman–Crippen MR) is 109 cm³/mol. The number of benzene rings is 2. The van der Waals surface area contributed by atoms with Gasteiger partial charge in [-0.25, -0.2) is 9.78 Å². The van der Waals surface area contributed by atoms with Gasteiger partial charge in [0.15, 0.2) is 5.13 Å². The van der Waals surface area contributed by atoms with Crippen molar-refractivity contribution in [1.82, 2.24) is 9.88 Å². The van der Waals surface area contributed by atoms with E-state index >= 15 is 0 Å². The number of nitrogens with zero attached hydrogens (tertiary/aromatic N) is 3. The minimum absolute atomic E-state index is 0.153. The number of piperazine rings is 1. The van der Waals surface area contributed by atoms with E-state index in [2.05, 4.69) is 10.3 Å². The van der Waals surface area contributed by atoms with E-state index in [9.17, 15) is 22.8 Å². The third kappa shape index (κ3) is 4.05. The summed E-state index contributed by atoms with van der Waals surface area (Å²) >= 11 is 7.08. The first-order valence-electron chi connectivity index (χ1n) is 8.81. The van der Waals surface area contributed by atoms with E-state index in [0.717, 1.165) is 23.5 Å². The van der Waals surface area contributed by atoms with Crippen LogP contribution in [0.25, 0.3) is 10.2 Å². The van der Waals surface area contributed by atoms with Gasteiger partial charge in [-0.3, -0.25) is 10.1 Å². The van der Waals surface area contributed by atoms with Crippen molar-refractivity contribution in [3.63, 3.8) is 0 Å². The highest BCUT2D eigenvalue weighted by Gasteiger charge is 2.31. The molecular formula is C19H14ClF3N4O2S. The Labute approximate surface area is 177 Å². The van der Waals surface area contributed by atoms with Crippen LogP contribution in [0.5, 0.6) is 0 Å². The molecule has 0 radical (unpaired) electrons. The van der Waals surface area contributed by atoms with Crippen LogP contribution in [0.1, 0.15) is 5.56 Å². The number of alkyl halides is 3. The third-order valence-electron chi connectivity index (χ3n) is 4.58. The van der Waals surface area contributed by atoms with Crippen LogP contribution in [0.4, 0.5) is 28.8 Å². The molecular weight excluding hydrogens is 441 g/mol. The number of para-hydroxylation sites is 1. The molecule has 0 spiro atoms. The Morgan fingerprint density at radius 2 is 1.93 bits per heavy atom. The van der Waals surface area contributed by atoms with Crippen LogP contribution in [0.2, 0.25) is 5.02 Å². The lowest BCUT2D eigenvalue weighted by atomic mass is 10.2. The highest BCUT2D eigenvalue weighted by Crippen LogP contribution is 2.34. The third-order valence-corrected chi connectivity index (χ3v) is 5.83. The van der Waals surface area contributed by atoms with E-state index in [1.165, 1.54) is 15.9 Å². The lowest BCUT2D eigenvalue weighted by molar-refractivity contribution is -0.137. The molecule has 0 bridgehead atoms. The molecule has 2 aromatic carbocycles. The van der Waals surface area contributed by atoms with Crippen molar-refractivity contribution < 1.29 is 22.8 Å². The molecule has 1 N–H and O–H groups in total. The second-order valence-corrected chi connectivity index (χ2v) is 7.99. The zero-order valence-corrected chi connectivity index (χ0v) is 16.8. The van der Waals surface area contributed by atoms with Crippen LogP contribution < -0.4 is 10.2 Å². The van der Waals surface area contributed by atoms with E-state index in [1.54, 1.807) is 24.3 Å². The fourth-order valence-corrected chi connectivity index (χ4v) is 4.23. The molecule has 1 saturated heterocycles. The standard InChI is InChI=1S/C19H14ClF3N4O2S/c20-12-3-1-2-4-14(12)27-8-7-26(10-16(27)28)18(29)25-17-24-13-6-5-11(19(21,22)23)9-15(13)30-17/h1-6,9H,7-8,10H2,(H,24,25,29). The van der Waals surface area contributed by atoms with Gasteiger partial charge < -0.3 is 9.80 Å². The van der Waals surface area contributed by atoms with Gasteiger partial charge in [0.2, 0.25) is 5.91 Å². The lowest BCUT2D eigenvalue weighted by Crippen LogP contribution is -2.53. The predicted octanol–water partition coefficient (Wildman–Crippen LogP) is 4.85. The minimum atomic E-state index is -4.46. The summed E-state index contributed by atoms with van der Waals surface area (Å²) in [5.41, 5.74) is 0.150. The number of hydrogen-bond donors (Lipinski definition) is 1. The monoisotopic (exact) mass is 454 g/mol. The zero-order valence-electron chi connectivity index (χ0n) is 15.2. The maximum Gasteiger partial charge on any atom is 0.416 e. The Balaban J connectivity index is 1.45. The van der Waals surface area contributed by atoms with Crippen LogP contribution in [-0.4, -0.2) is 41.5 Å². The number of carbonyl (C=O) groups is 2. The molecule has 3 amide bonds. The van der Waals surface area contributed by atoms with Gasteiger partial charge in [0.1, 0.15) is 6.54 Å². The summed E-state index contributed by atoms with van der Waals surface area (Å²) in [7, 11) is 0. The molecule has 1 fully saturated rings. The summed E-state index contributed by atoms with van der Waals surface area (Å²) in [6, 6.07) is 9.59. The number of fused-ring (bicyclic) bond motifs is 1. The van der Waals surface area contributed by atoms with Crippen LogP contribution >= 0.6 is 22.9 Å². The second-order valence-electron chi connectivity index (χ2n) is 6.55. The molecule has 2 heterocycles.